The van der Waals surface area contributed by atoms with E-state index in [1.807, 2.05) is 18.3 Å². The van der Waals surface area contributed by atoms with Crippen LogP contribution in [0.5, 0.6) is 0 Å². The number of piperidine rings is 1. The monoisotopic (exact) mass is 239 g/mol. The Morgan fingerprint density at radius 2 is 2.31 bits per heavy atom. The second kappa shape index (κ2) is 4.82. The SMILES string of the molecule is Cc1nc(C2CCCN(C)C2)sc1C(C)N. The number of hydrogen-bond acceptors (Lipinski definition) is 4. The second-order valence-corrected chi connectivity index (χ2v) is 5.95. The average Bonchev–Trinajstić information content (AvgIpc) is 2.60. The summed E-state index contributed by atoms with van der Waals surface area (Å²) >= 11 is 1.81. The summed E-state index contributed by atoms with van der Waals surface area (Å²) in [5, 5.41) is 1.29. The van der Waals surface area contributed by atoms with Crippen LogP contribution in [0.15, 0.2) is 0 Å². The van der Waals surface area contributed by atoms with Gasteiger partial charge in [-0.2, -0.15) is 0 Å². The Morgan fingerprint density at radius 3 is 2.88 bits per heavy atom. The highest BCUT2D eigenvalue weighted by atomic mass is 32.1. The van der Waals surface area contributed by atoms with Gasteiger partial charge in [0.2, 0.25) is 0 Å². The number of rotatable bonds is 2. The van der Waals surface area contributed by atoms with Gasteiger partial charge in [-0.15, -0.1) is 11.3 Å². The van der Waals surface area contributed by atoms with E-state index in [0.717, 1.165) is 12.2 Å². The molecule has 2 N–H and O–H groups in total. The van der Waals surface area contributed by atoms with Crippen LogP contribution >= 0.6 is 11.3 Å². The minimum Gasteiger partial charge on any atom is -0.323 e. The molecule has 0 aromatic carbocycles. The van der Waals surface area contributed by atoms with E-state index < -0.39 is 0 Å². The zero-order chi connectivity index (χ0) is 11.7. The van der Waals surface area contributed by atoms with Crippen molar-refractivity contribution in [3.05, 3.63) is 15.6 Å². The predicted octanol–water partition coefficient (Wildman–Crippen LogP) is 2.28. The summed E-state index contributed by atoms with van der Waals surface area (Å²) in [6, 6.07) is 0.118. The van der Waals surface area contributed by atoms with Gasteiger partial charge in [-0.25, -0.2) is 4.98 Å². The van der Waals surface area contributed by atoms with Crippen LogP contribution in [0.4, 0.5) is 0 Å². The molecule has 2 heterocycles. The van der Waals surface area contributed by atoms with Crippen LogP contribution in [0.1, 0.15) is 47.3 Å². The quantitative estimate of drug-likeness (QED) is 0.861. The Morgan fingerprint density at radius 1 is 1.56 bits per heavy atom. The molecule has 1 aliphatic heterocycles. The van der Waals surface area contributed by atoms with Crippen molar-refractivity contribution in [3.8, 4) is 0 Å². The number of nitrogens with two attached hydrogens (primary N) is 1. The first kappa shape index (κ1) is 12.0. The molecular formula is C12H21N3S. The highest BCUT2D eigenvalue weighted by Crippen LogP contribution is 2.32. The third-order valence-electron chi connectivity index (χ3n) is 3.24. The average molecular weight is 239 g/mol. The van der Waals surface area contributed by atoms with Crippen LogP contribution in [0, 0.1) is 6.92 Å². The zero-order valence-electron chi connectivity index (χ0n) is 10.4. The fourth-order valence-electron chi connectivity index (χ4n) is 2.39. The van der Waals surface area contributed by atoms with E-state index in [1.54, 1.807) is 0 Å². The number of hydrogen-bond donors (Lipinski definition) is 1. The summed E-state index contributed by atoms with van der Waals surface area (Å²) in [5.41, 5.74) is 7.07. The molecule has 0 aliphatic carbocycles. The molecule has 2 unspecified atom stereocenters. The minimum absolute atomic E-state index is 0.118. The maximum atomic E-state index is 5.94. The van der Waals surface area contributed by atoms with Gasteiger partial charge in [-0.05, 0) is 40.3 Å². The third kappa shape index (κ3) is 2.44. The van der Waals surface area contributed by atoms with Crippen molar-refractivity contribution in [1.82, 2.24) is 9.88 Å². The first-order valence-corrected chi connectivity index (χ1v) is 6.81. The fraction of sp³-hybridized carbons (Fsp3) is 0.750. The molecule has 0 spiro atoms. The molecule has 1 fully saturated rings. The van der Waals surface area contributed by atoms with E-state index >= 15 is 0 Å². The molecule has 0 bridgehead atoms. The topological polar surface area (TPSA) is 42.2 Å². The number of aromatic nitrogens is 1. The van der Waals surface area contributed by atoms with E-state index in [1.165, 1.54) is 29.3 Å². The lowest BCUT2D eigenvalue weighted by Crippen LogP contribution is -2.30. The number of thiazole rings is 1. The van der Waals surface area contributed by atoms with Crippen molar-refractivity contribution in [2.24, 2.45) is 5.73 Å². The van der Waals surface area contributed by atoms with Crippen molar-refractivity contribution in [2.75, 3.05) is 20.1 Å². The van der Waals surface area contributed by atoms with E-state index in [0.29, 0.717) is 5.92 Å². The summed E-state index contributed by atoms with van der Waals surface area (Å²) in [6.07, 6.45) is 2.56. The normalized spacial score (nSPS) is 24.6. The summed E-state index contributed by atoms with van der Waals surface area (Å²) in [6.45, 7) is 6.48. The molecule has 2 rings (SSSR count). The molecule has 1 aromatic heterocycles. The molecule has 0 saturated carbocycles. The molecule has 0 amide bonds. The molecule has 1 aliphatic rings. The van der Waals surface area contributed by atoms with Crippen molar-refractivity contribution < 1.29 is 0 Å². The number of aryl methyl sites for hydroxylation is 1. The Balaban J connectivity index is 2.17. The van der Waals surface area contributed by atoms with Crippen LogP contribution in [-0.2, 0) is 0 Å². The highest BCUT2D eigenvalue weighted by Gasteiger charge is 2.23. The van der Waals surface area contributed by atoms with Gasteiger partial charge in [0.1, 0.15) is 0 Å². The smallest absolute Gasteiger partial charge is 0.0975 e. The number of nitrogens with zero attached hydrogens (tertiary/aromatic N) is 2. The summed E-state index contributed by atoms with van der Waals surface area (Å²) in [4.78, 5) is 8.35. The first-order chi connectivity index (χ1) is 7.58. The molecule has 1 saturated heterocycles. The molecular weight excluding hydrogens is 218 g/mol. The molecule has 4 heteroatoms. The van der Waals surface area contributed by atoms with Gasteiger partial charge in [-0.1, -0.05) is 0 Å². The van der Waals surface area contributed by atoms with Crippen molar-refractivity contribution in [2.45, 2.75) is 38.6 Å². The molecule has 3 nitrogen and oxygen atoms in total. The lowest BCUT2D eigenvalue weighted by molar-refractivity contribution is 0.250. The fourth-order valence-corrected chi connectivity index (χ4v) is 3.54. The van der Waals surface area contributed by atoms with Gasteiger partial charge in [0.05, 0.1) is 10.7 Å². The van der Waals surface area contributed by atoms with Crippen molar-refractivity contribution in [3.63, 3.8) is 0 Å². The molecule has 90 valence electrons. The zero-order valence-corrected chi connectivity index (χ0v) is 11.2. The largest absolute Gasteiger partial charge is 0.323 e. The summed E-state index contributed by atoms with van der Waals surface area (Å²) < 4.78 is 0. The van der Waals surface area contributed by atoms with Crippen molar-refractivity contribution >= 4 is 11.3 Å². The molecule has 2 atom stereocenters. The number of likely N-dealkylation sites (tertiary alicyclic amines) is 1. The van der Waals surface area contributed by atoms with Crippen LogP contribution < -0.4 is 5.73 Å². The Labute approximate surface area is 102 Å². The molecule has 1 aromatic rings. The van der Waals surface area contributed by atoms with E-state index in [4.69, 9.17) is 10.7 Å². The Hall–Kier alpha value is -0.450. The van der Waals surface area contributed by atoms with Crippen LogP contribution in [0.25, 0.3) is 0 Å². The lowest BCUT2D eigenvalue weighted by atomic mass is 9.99. The first-order valence-electron chi connectivity index (χ1n) is 5.99. The highest BCUT2D eigenvalue weighted by molar-refractivity contribution is 7.11. The maximum absolute atomic E-state index is 5.94. The molecule has 16 heavy (non-hydrogen) atoms. The minimum atomic E-state index is 0.118. The van der Waals surface area contributed by atoms with Gasteiger partial charge in [0, 0.05) is 23.4 Å². The Kier molecular flexibility index (Phi) is 3.62. The van der Waals surface area contributed by atoms with E-state index in [9.17, 15) is 0 Å². The van der Waals surface area contributed by atoms with Gasteiger partial charge >= 0.3 is 0 Å². The van der Waals surface area contributed by atoms with Gasteiger partial charge in [0.25, 0.3) is 0 Å². The van der Waals surface area contributed by atoms with Gasteiger partial charge in [-0.3, -0.25) is 0 Å². The summed E-state index contributed by atoms with van der Waals surface area (Å²) in [7, 11) is 2.19. The van der Waals surface area contributed by atoms with E-state index in [-0.39, 0.29) is 6.04 Å². The third-order valence-corrected chi connectivity index (χ3v) is 4.76. The van der Waals surface area contributed by atoms with Gasteiger partial charge in [0.15, 0.2) is 0 Å². The van der Waals surface area contributed by atoms with E-state index in [2.05, 4.69) is 18.9 Å². The van der Waals surface area contributed by atoms with Crippen LogP contribution in [0.3, 0.4) is 0 Å². The van der Waals surface area contributed by atoms with Crippen LogP contribution in [-0.4, -0.2) is 30.0 Å². The van der Waals surface area contributed by atoms with Gasteiger partial charge < -0.3 is 10.6 Å². The second-order valence-electron chi connectivity index (χ2n) is 4.89. The lowest BCUT2D eigenvalue weighted by Gasteiger charge is -2.28. The Bertz CT molecular complexity index is 359. The standard InChI is InChI=1S/C12H21N3S/c1-8(13)11-9(2)14-12(16-11)10-5-4-6-15(3)7-10/h8,10H,4-7,13H2,1-3H3. The van der Waals surface area contributed by atoms with Crippen molar-refractivity contribution in [1.29, 1.82) is 0 Å². The maximum Gasteiger partial charge on any atom is 0.0975 e. The number of likely N-dealkylation sites (N-methyl/N-ethyl adjacent to an activating group) is 1. The summed E-state index contributed by atoms with van der Waals surface area (Å²) in [5.74, 6) is 0.620. The predicted molar refractivity (Wildman–Crippen MR) is 68.9 cm³/mol. The molecule has 0 radical (unpaired) electrons. The van der Waals surface area contributed by atoms with Crippen LogP contribution in [0.2, 0.25) is 0 Å².